The topological polar surface area (TPSA) is 50.8 Å². The van der Waals surface area contributed by atoms with Crippen molar-refractivity contribution in [3.8, 4) is 5.75 Å². The number of morpholine rings is 1. The van der Waals surface area contributed by atoms with Crippen molar-refractivity contribution in [3.63, 3.8) is 0 Å². The molecule has 116 valence electrons. The summed E-state index contributed by atoms with van der Waals surface area (Å²) < 4.78 is 34.3. The lowest BCUT2D eigenvalue weighted by Crippen LogP contribution is -2.47. The van der Waals surface area contributed by atoms with Crippen LogP contribution in [0.15, 0.2) is 24.3 Å². The third-order valence-corrected chi connectivity index (χ3v) is 3.17. The summed E-state index contributed by atoms with van der Waals surface area (Å²) in [5.41, 5.74) is 0.368. The Morgan fingerprint density at radius 3 is 2.67 bits per heavy atom. The molecule has 5 nitrogen and oxygen atoms in total. The smallest absolute Gasteiger partial charge is 0.387 e. The second-order valence-corrected chi connectivity index (χ2v) is 4.68. The second kappa shape index (κ2) is 7.21. The molecule has 1 aliphatic rings. The van der Waals surface area contributed by atoms with Gasteiger partial charge in [0.1, 0.15) is 11.8 Å². The zero-order valence-corrected chi connectivity index (χ0v) is 11.7. The molecule has 1 N–H and O–H groups in total. The van der Waals surface area contributed by atoms with E-state index < -0.39 is 12.7 Å². The van der Waals surface area contributed by atoms with Crippen LogP contribution in [-0.2, 0) is 9.53 Å². The molecule has 1 aliphatic heterocycles. The van der Waals surface area contributed by atoms with Gasteiger partial charge in [-0.15, -0.1) is 0 Å². The van der Waals surface area contributed by atoms with E-state index in [1.165, 1.54) is 6.07 Å². The van der Waals surface area contributed by atoms with Gasteiger partial charge < -0.3 is 19.7 Å². The molecular formula is C14H18F2N2O3. The molecule has 1 fully saturated rings. The van der Waals surface area contributed by atoms with Crippen molar-refractivity contribution in [2.45, 2.75) is 19.6 Å². The Kier molecular flexibility index (Phi) is 5.32. The van der Waals surface area contributed by atoms with Crippen LogP contribution >= 0.6 is 0 Å². The monoisotopic (exact) mass is 300 g/mol. The van der Waals surface area contributed by atoms with E-state index in [1.807, 2.05) is 0 Å². The van der Waals surface area contributed by atoms with Crippen LogP contribution in [0.1, 0.15) is 6.92 Å². The van der Waals surface area contributed by atoms with Gasteiger partial charge in [0.2, 0.25) is 5.91 Å². The third kappa shape index (κ3) is 4.29. The van der Waals surface area contributed by atoms with Crippen molar-refractivity contribution >= 4 is 11.6 Å². The van der Waals surface area contributed by atoms with Crippen LogP contribution in [0.4, 0.5) is 14.5 Å². The molecule has 1 saturated heterocycles. The molecule has 2 rings (SSSR count). The van der Waals surface area contributed by atoms with Gasteiger partial charge >= 0.3 is 6.61 Å². The molecule has 0 radical (unpaired) electrons. The quantitative estimate of drug-likeness (QED) is 0.903. The summed E-state index contributed by atoms with van der Waals surface area (Å²) in [6.07, 6.45) is 0. The lowest BCUT2D eigenvalue weighted by atomic mass is 10.2. The van der Waals surface area contributed by atoms with Gasteiger partial charge in [-0.05, 0) is 19.1 Å². The predicted octanol–water partition coefficient (Wildman–Crippen LogP) is 1.95. The molecule has 21 heavy (non-hydrogen) atoms. The molecule has 1 atom stereocenters. The van der Waals surface area contributed by atoms with Crippen molar-refractivity contribution in [3.05, 3.63) is 24.3 Å². The van der Waals surface area contributed by atoms with Crippen molar-refractivity contribution in [1.29, 1.82) is 0 Å². The number of rotatable bonds is 5. The Balaban J connectivity index is 2.01. The number of alkyl halides is 2. The summed E-state index contributed by atoms with van der Waals surface area (Å²) in [5.74, 6) is -0.0701. The van der Waals surface area contributed by atoms with Gasteiger partial charge in [0.05, 0.1) is 18.9 Å². The third-order valence-electron chi connectivity index (χ3n) is 3.17. The first-order valence-electron chi connectivity index (χ1n) is 6.75. The summed E-state index contributed by atoms with van der Waals surface area (Å²) in [7, 11) is 0. The van der Waals surface area contributed by atoms with E-state index in [1.54, 1.807) is 30.0 Å². The number of carbonyl (C=O) groups excluding carboxylic acids is 1. The number of carbonyl (C=O) groups is 1. The molecule has 0 aliphatic carbocycles. The van der Waals surface area contributed by atoms with Crippen LogP contribution in [-0.4, -0.2) is 49.8 Å². The summed E-state index contributed by atoms with van der Waals surface area (Å²) in [6.45, 7) is 0.905. The highest BCUT2D eigenvalue weighted by Gasteiger charge is 2.23. The molecular weight excluding hydrogens is 282 g/mol. The van der Waals surface area contributed by atoms with Gasteiger partial charge in [-0.1, -0.05) is 12.1 Å². The van der Waals surface area contributed by atoms with Crippen LogP contribution in [0.25, 0.3) is 0 Å². The van der Waals surface area contributed by atoms with Gasteiger partial charge in [-0.2, -0.15) is 8.78 Å². The minimum atomic E-state index is -2.90. The first-order chi connectivity index (χ1) is 10.1. The fourth-order valence-electron chi connectivity index (χ4n) is 2.14. The maximum atomic E-state index is 12.3. The standard InChI is InChI=1S/C14H18F2N2O3/c1-10(13(19)18-6-8-20-9-7-18)17-11-4-2-3-5-12(11)21-14(15)16/h2-5,10,14,17H,6-9H2,1H3. The molecule has 1 heterocycles. The van der Waals surface area contributed by atoms with Crippen molar-refractivity contribution in [1.82, 2.24) is 4.90 Å². The molecule has 1 aromatic carbocycles. The average molecular weight is 300 g/mol. The normalized spacial score (nSPS) is 16.7. The van der Waals surface area contributed by atoms with Gasteiger partial charge in [0.25, 0.3) is 0 Å². The second-order valence-electron chi connectivity index (χ2n) is 4.68. The molecule has 1 unspecified atom stereocenters. The summed E-state index contributed by atoms with van der Waals surface area (Å²) in [4.78, 5) is 13.9. The summed E-state index contributed by atoms with van der Waals surface area (Å²) >= 11 is 0. The highest BCUT2D eigenvalue weighted by molar-refractivity contribution is 5.84. The van der Waals surface area contributed by atoms with E-state index in [0.717, 1.165) is 0 Å². The molecule has 0 aromatic heterocycles. The first-order valence-corrected chi connectivity index (χ1v) is 6.75. The highest BCUT2D eigenvalue weighted by Crippen LogP contribution is 2.26. The van der Waals surface area contributed by atoms with E-state index in [0.29, 0.717) is 32.0 Å². The molecule has 1 aromatic rings. The number of hydrogen-bond acceptors (Lipinski definition) is 4. The lowest BCUT2D eigenvalue weighted by Gasteiger charge is -2.30. The number of benzene rings is 1. The van der Waals surface area contributed by atoms with Gasteiger partial charge in [0, 0.05) is 13.1 Å². The average Bonchev–Trinajstić information content (AvgIpc) is 2.49. The SMILES string of the molecule is CC(Nc1ccccc1OC(F)F)C(=O)N1CCOCC1. The fraction of sp³-hybridized carbons (Fsp3) is 0.500. The maximum absolute atomic E-state index is 12.3. The number of nitrogens with one attached hydrogen (secondary N) is 1. The number of hydrogen-bond donors (Lipinski definition) is 1. The molecule has 0 bridgehead atoms. The number of nitrogens with zero attached hydrogens (tertiary/aromatic N) is 1. The minimum Gasteiger partial charge on any atom is -0.433 e. The highest BCUT2D eigenvalue weighted by atomic mass is 19.3. The largest absolute Gasteiger partial charge is 0.433 e. The van der Waals surface area contributed by atoms with E-state index in [2.05, 4.69) is 10.1 Å². The van der Waals surface area contributed by atoms with Crippen LogP contribution < -0.4 is 10.1 Å². The zero-order chi connectivity index (χ0) is 15.2. The number of ether oxygens (including phenoxy) is 2. The molecule has 7 heteroatoms. The number of amides is 1. The summed E-state index contributed by atoms with van der Waals surface area (Å²) in [6, 6.07) is 5.77. The van der Waals surface area contributed by atoms with Gasteiger partial charge in [-0.25, -0.2) is 0 Å². The number of para-hydroxylation sites is 2. The Labute approximate surface area is 121 Å². The van der Waals surface area contributed by atoms with Crippen molar-refractivity contribution in [2.75, 3.05) is 31.6 Å². The molecule has 0 spiro atoms. The van der Waals surface area contributed by atoms with E-state index in [-0.39, 0.29) is 11.7 Å². The summed E-state index contributed by atoms with van der Waals surface area (Å²) in [5, 5.41) is 2.92. The number of halogens is 2. The maximum Gasteiger partial charge on any atom is 0.387 e. The molecule has 1 amide bonds. The van der Waals surface area contributed by atoms with E-state index >= 15 is 0 Å². The molecule has 0 saturated carbocycles. The van der Waals surface area contributed by atoms with E-state index in [9.17, 15) is 13.6 Å². The van der Waals surface area contributed by atoms with Gasteiger partial charge in [-0.3, -0.25) is 4.79 Å². The minimum absolute atomic E-state index is 0.0223. The lowest BCUT2D eigenvalue weighted by molar-refractivity contribution is -0.135. The Hall–Kier alpha value is -1.89. The predicted molar refractivity (Wildman–Crippen MR) is 73.6 cm³/mol. The Morgan fingerprint density at radius 2 is 2.00 bits per heavy atom. The van der Waals surface area contributed by atoms with Gasteiger partial charge in [0.15, 0.2) is 0 Å². The Bertz CT molecular complexity index is 479. The van der Waals surface area contributed by atoms with Crippen LogP contribution in [0.2, 0.25) is 0 Å². The fourth-order valence-corrected chi connectivity index (χ4v) is 2.14. The van der Waals surface area contributed by atoms with Crippen LogP contribution in [0.3, 0.4) is 0 Å². The van der Waals surface area contributed by atoms with E-state index in [4.69, 9.17) is 4.74 Å². The van der Waals surface area contributed by atoms with Crippen molar-refractivity contribution < 1.29 is 23.0 Å². The van der Waals surface area contributed by atoms with Crippen LogP contribution in [0.5, 0.6) is 5.75 Å². The first kappa shape index (κ1) is 15.5. The number of anilines is 1. The zero-order valence-electron chi connectivity index (χ0n) is 11.7. The van der Waals surface area contributed by atoms with Crippen LogP contribution in [0, 0.1) is 0 Å². The van der Waals surface area contributed by atoms with Crippen molar-refractivity contribution in [2.24, 2.45) is 0 Å². The Morgan fingerprint density at radius 1 is 1.33 bits per heavy atom.